The largest absolute Gasteiger partial charge is 0.416 e. The number of carbonyl (C=O) groups is 1. The van der Waals surface area contributed by atoms with E-state index in [-0.39, 0.29) is 11.9 Å². The van der Waals surface area contributed by atoms with Crippen molar-refractivity contribution in [2.45, 2.75) is 12.6 Å². The Morgan fingerprint density at radius 2 is 2.00 bits per heavy atom. The molecule has 1 aromatic rings. The third-order valence-corrected chi connectivity index (χ3v) is 4.22. The average Bonchev–Trinajstić information content (AvgIpc) is 2.79. The molecule has 0 saturated carbocycles. The van der Waals surface area contributed by atoms with Crippen molar-refractivity contribution in [1.29, 1.82) is 0 Å². The number of alkyl halides is 3. The zero-order valence-electron chi connectivity index (χ0n) is 15.2. The summed E-state index contributed by atoms with van der Waals surface area (Å²) in [6.45, 7) is 3.53. The molecule has 1 heterocycles. The van der Waals surface area contributed by atoms with E-state index < -0.39 is 11.7 Å². The maximum Gasteiger partial charge on any atom is 0.416 e. The first-order chi connectivity index (χ1) is 12.3. The fraction of sp³-hybridized carbons (Fsp3) is 0.611. The van der Waals surface area contributed by atoms with Gasteiger partial charge in [0.05, 0.1) is 18.8 Å². The molecule has 1 unspecified atom stereocenters. The fourth-order valence-electron chi connectivity index (χ4n) is 2.98. The summed E-state index contributed by atoms with van der Waals surface area (Å²) < 4.78 is 43.2. The maximum atomic E-state index is 12.6. The summed E-state index contributed by atoms with van der Waals surface area (Å²) in [7, 11) is 3.97. The third-order valence-electron chi connectivity index (χ3n) is 4.22. The Bertz CT molecular complexity index is 576. The third kappa shape index (κ3) is 6.49. The standard InChI is InChI=1S/C18H26F3N3O2/c1-23(2)11-15-12-24(9-10-26-13-15)17(25)22-8-7-14-3-5-16(6-4-14)18(19,20)21/h3-6,15H,7-13H2,1-2H3,(H,22,25). The van der Waals surface area contributed by atoms with Crippen molar-refractivity contribution < 1.29 is 22.7 Å². The summed E-state index contributed by atoms with van der Waals surface area (Å²) in [6, 6.07) is 4.86. The van der Waals surface area contributed by atoms with E-state index in [4.69, 9.17) is 4.74 Å². The lowest BCUT2D eigenvalue weighted by Crippen LogP contribution is -2.44. The fourth-order valence-corrected chi connectivity index (χ4v) is 2.98. The summed E-state index contributed by atoms with van der Waals surface area (Å²) in [6.07, 6.45) is -3.85. The topological polar surface area (TPSA) is 44.8 Å². The highest BCUT2D eigenvalue weighted by Crippen LogP contribution is 2.29. The summed E-state index contributed by atoms with van der Waals surface area (Å²) >= 11 is 0. The van der Waals surface area contributed by atoms with Gasteiger partial charge < -0.3 is 19.9 Å². The van der Waals surface area contributed by atoms with E-state index in [2.05, 4.69) is 10.2 Å². The predicted molar refractivity (Wildman–Crippen MR) is 93.0 cm³/mol. The van der Waals surface area contributed by atoms with Crippen molar-refractivity contribution in [3.8, 4) is 0 Å². The molecule has 1 aliphatic heterocycles. The van der Waals surface area contributed by atoms with E-state index in [9.17, 15) is 18.0 Å². The van der Waals surface area contributed by atoms with Gasteiger partial charge in [-0.1, -0.05) is 12.1 Å². The van der Waals surface area contributed by atoms with Crippen molar-refractivity contribution >= 4 is 6.03 Å². The van der Waals surface area contributed by atoms with Gasteiger partial charge in [0.15, 0.2) is 0 Å². The molecule has 2 rings (SSSR count). The van der Waals surface area contributed by atoms with Crippen molar-refractivity contribution in [3.05, 3.63) is 35.4 Å². The Morgan fingerprint density at radius 3 is 2.62 bits per heavy atom. The van der Waals surface area contributed by atoms with Gasteiger partial charge in [0.25, 0.3) is 0 Å². The molecule has 1 saturated heterocycles. The number of ether oxygens (including phenoxy) is 1. The minimum atomic E-state index is -4.33. The predicted octanol–water partition coefficient (Wildman–Crippen LogP) is 2.47. The quantitative estimate of drug-likeness (QED) is 0.863. The first-order valence-corrected chi connectivity index (χ1v) is 8.67. The summed E-state index contributed by atoms with van der Waals surface area (Å²) in [5.74, 6) is 0.258. The van der Waals surface area contributed by atoms with Crippen LogP contribution in [0.2, 0.25) is 0 Å². The van der Waals surface area contributed by atoms with Gasteiger partial charge in [-0.3, -0.25) is 0 Å². The van der Waals surface area contributed by atoms with Gasteiger partial charge in [0.1, 0.15) is 0 Å². The molecule has 0 spiro atoms. The van der Waals surface area contributed by atoms with Gasteiger partial charge in [-0.15, -0.1) is 0 Å². The number of urea groups is 1. The second-order valence-corrected chi connectivity index (χ2v) is 6.83. The highest BCUT2D eigenvalue weighted by molar-refractivity contribution is 5.74. The lowest BCUT2D eigenvalue weighted by molar-refractivity contribution is -0.137. The first-order valence-electron chi connectivity index (χ1n) is 8.67. The number of amides is 2. The molecule has 1 fully saturated rings. The number of nitrogens with one attached hydrogen (secondary N) is 1. The van der Waals surface area contributed by atoms with Crippen LogP contribution in [-0.2, 0) is 17.3 Å². The zero-order valence-corrected chi connectivity index (χ0v) is 15.2. The van der Waals surface area contributed by atoms with Gasteiger partial charge in [0, 0.05) is 32.1 Å². The number of halogens is 3. The van der Waals surface area contributed by atoms with Crippen LogP contribution in [0, 0.1) is 5.92 Å². The van der Waals surface area contributed by atoms with Crippen LogP contribution < -0.4 is 5.32 Å². The lowest BCUT2D eigenvalue weighted by atomic mass is 10.1. The summed E-state index contributed by atoms with van der Waals surface area (Å²) in [5, 5.41) is 2.84. The van der Waals surface area contributed by atoms with E-state index in [1.807, 2.05) is 14.1 Å². The molecule has 1 N–H and O–H groups in total. The minimum Gasteiger partial charge on any atom is -0.379 e. The van der Waals surface area contributed by atoms with Crippen molar-refractivity contribution in [3.63, 3.8) is 0 Å². The average molecular weight is 373 g/mol. The second-order valence-electron chi connectivity index (χ2n) is 6.83. The van der Waals surface area contributed by atoms with Crippen LogP contribution >= 0.6 is 0 Å². The normalized spacial score (nSPS) is 18.7. The second kappa shape index (κ2) is 9.23. The number of benzene rings is 1. The molecule has 26 heavy (non-hydrogen) atoms. The van der Waals surface area contributed by atoms with Gasteiger partial charge in [0.2, 0.25) is 0 Å². The maximum absolute atomic E-state index is 12.6. The molecular weight excluding hydrogens is 347 g/mol. The highest BCUT2D eigenvalue weighted by Gasteiger charge is 2.29. The van der Waals surface area contributed by atoms with E-state index in [0.717, 1.165) is 24.2 Å². The molecule has 0 aliphatic carbocycles. The molecule has 8 heteroatoms. The van der Waals surface area contributed by atoms with Crippen molar-refractivity contribution in [2.75, 3.05) is 53.5 Å². The molecule has 1 aliphatic rings. The zero-order chi connectivity index (χ0) is 19.2. The number of hydrogen-bond acceptors (Lipinski definition) is 3. The van der Waals surface area contributed by atoms with E-state index >= 15 is 0 Å². The molecule has 1 atom stereocenters. The van der Waals surface area contributed by atoms with Crippen molar-refractivity contribution in [1.82, 2.24) is 15.1 Å². The Morgan fingerprint density at radius 1 is 1.31 bits per heavy atom. The molecule has 1 aromatic carbocycles. The number of hydrogen-bond donors (Lipinski definition) is 1. The molecule has 2 amide bonds. The molecular formula is C18H26F3N3O2. The van der Waals surface area contributed by atoms with Crippen LogP contribution in [0.5, 0.6) is 0 Å². The SMILES string of the molecule is CN(C)CC1COCCN(C(=O)NCCc2ccc(C(F)(F)F)cc2)C1. The molecule has 0 bridgehead atoms. The smallest absolute Gasteiger partial charge is 0.379 e. The Balaban J connectivity index is 1.80. The number of nitrogens with zero attached hydrogens (tertiary/aromatic N) is 2. The van der Waals surface area contributed by atoms with Crippen LogP contribution in [0.3, 0.4) is 0 Å². The molecule has 0 aromatic heterocycles. The van der Waals surface area contributed by atoms with Crippen LogP contribution in [0.4, 0.5) is 18.0 Å². The molecule has 146 valence electrons. The van der Waals surface area contributed by atoms with Crippen LogP contribution in [0.15, 0.2) is 24.3 Å². The van der Waals surface area contributed by atoms with Crippen molar-refractivity contribution in [2.24, 2.45) is 5.92 Å². The Labute approximate surface area is 152 Å². The monoisotopic (exact) mass is 373 g/mol. The van der Waals surface area contributed by atoms with Gasteiger partial charge in [-0.25, -0.2) is 4.79 Å². The highest BCUT2D eigenvalue weighted by atomic mass is 19.4. The van der Waals surface area contributed by atoms with E-state index in [1.54, 1.807) is 4.90 Å². The number of rotatable bonds is 5. The van der Waals surface area contributed by atoms with Crippen LogP contribution in [-0.4, -0.2) is 69.3 Å². The van der Waals surface area contributed by atoms with E-state index in [1.165, 1.54) is 12.1 Å². The summed E-state index contributed by atoms with van der Waals surface area (Å²) in [4.78, 5) is 16.2. The Kier molecular flexibility index (Phi) is 7.28. The first kappa shape index (κ1) is 20.5. The molecule has 0 radical (unpaired) electrons. The number of carbonyl (C=O) groups excluding carboxylic acids is 1. The van der Waals surface area contributed by atoms with Gasteiger partial charge >= 0.3 is 12.2 Å². The lowest BCUT2D eigenvalue weighted by Gasteiger charge is -2.25. The van der Waals surface area contributed by atoms with Gasteiger partial charge in [-0.2, -0.15) is 13.2 Å². The summed E-state index contributed by atoms with van der Waals surface area (Å²) in [5.41, 5.74) is 0.0878. The van der Waals surface area contributed by atoms with E-state index in [0.29, 0.717) is 39.3 Å². The van der Waals surface area contributed by atoms with Gasteiger partial charge in [-0.05, 0) is 38.2 Å². The van der Waals surface area contributed by atoms with Crippen LogP contribution in [0.25, 0.3) is 0 Å². The van der Waals surface area contributed by atoms with Crippen LogP contribution in [0.1, 0.15) is 11.1 Å². The Hall–Kier alpha value is -1.80. The minimum absolute atomic E-state index is 0.161. The molecule has 5 nitrogen and oxygen atoms in total.